The van der Waals surface area contributed by atoms with Crippen molar-refractivity contribution in [2.45, 2.75) is 17.3 Å². The van der Waals surface area contributed by atoms with Crippen LogP contribution in [-0.4, -0.2) is 28.5 Å². The molecule has 1 N–H and O–H groups in total. The second-order valence-electron chi connectivity index (χ2n) is 8.29. The molecule has 6 rings (SSSR count). The van der Waals surface area contributed by atoms with Crippen molar-refractivity contribution in [2.24, 2.45) is 23.7 Å². The number of hydrogen-bond acceptors (Lipinski definition) is 7. The molecule has 1 aromatic carbocycles. The van der Waals surface area contributed by atoms with Gasteiger partial charge in [-0.1, -0.05) is 23.9 Å². The smallest absolute Gasteiger partial charge is 0.238 e. The minimum Gasteiger partial charge on any atom is -0.467 e. The number of amides is 3. The molecule has 32 heavy (non-hydrogen) atoms. The van der Waals surface area contributed by atoms with Gasteiger partial charge in [-0.25, -0.2) is 9.88 Å². The monoisotopic (exact) mass is 465 g/mol. The third-order valence-electron chi connectivity index (χ3n) is 6.45. The molecule has 0 radical (unpaired) electrons. The first-order valence-corrected chi connectivity index (χ1v) is 12.3. The summed E-state index contributed by atoms with van der Waals surface area (Å²) < 4.78 is 6.86. The van der Waals surface area contributed by atoms with Crippen molar-refractivity contribution in [3.05, 3.63) is 54.5 Å². The Hall–Kier alpha value is -2.91. The second kappa shape index (κ2) is 7.60. The van der Waals surface area contributed by atoms with Crippen LogP contribution in [0.1, 0.15) is 12.2 Å². The van der Waals surface area contributed by atoms with Crippen molar-refractivity contribution >= 4 is 56.7 Å². The number of carbonyl (C=O) groups excluding carboxylic acids is 3. The lowest BCUT2D eigenvalue weighted by Crippen LogP contribution is -2.32. The lowest BCUT2D eigenvalue weighted by Gasteiger charge is -2.17. The number of thioether (sulfide) groups is 1. The number of imide groups is 1. The zero-order valence-electron chi connectivity index (χ0n) is 16.9. The molecule has 3 aliphatic rings. The number of anilines is 1. The summed E-state index contributed by atoms with van der Waals surface area (Å²) in [5.41, 5.74) is 1.40. The summed E-state index contributed by atoms with van der Waals surface area (Å²) in [6.07, 6.45) is 6.69. The van der Waals surface area contributed by atoms with Gasteiger partial charge in [-0.2, -0.15) is 0 Å². The van der Waals surface area contributed by atoms with E-state index >= 15 is 0 Å². The predicted molar refractivity (Wildman–Crippen MR) is 121 cm³/mol. The van der Waals surface area contributed by atoms with Crippen LogP contribution in [0.25, 0.3) is 10.2 Å². The molecular weight excluding hydrogens is 446 g/mol. The molecule has 3 aromatic rings. The molecule has 0 spiro atoms. The van der Waals surface area contributed by atoms with E-state index in [4.69, 9.17) is 4.42 Å². The topological polar surface area (TPSA) is 92.5 Å². The first-order valence-electron chi connectivity index (χ1n) is 10.5. The van der Waals surface area contributed by atoms with Gasteiger partial charge >= 0.3 is 0 Å². The molecule has 1 saturated carbocycles. The van der Waals surface area contributed by atoms with E-state index < -0.39 is 0 Å². The Kier molecular flexibility index (Phi) is 4.69. The molecule has 1 saturated heterocycles. The Morgan fingerprint density at radius 2 is 1.97 bits per heavy atom. The average molecular weight is 466 g/mol. The van der Waals surface area contributed by atoms with Crippen molar-refractivity contribution in [3.63, 3.8) is 0 Å². The average Bonchev–Trinajstić information content (AvgIpc) is 3.59. The first kappa shape index (κ1) is 19.8. The fourth-order valence-electron chi connectivity index (χ4n) is 5.03. The van der Waals surface area contributed by atoms with E-state index in [0.29, 0.717) is 18.0 Å². The van der Waals surface area contributed by atoms with Crippen LogP contribution in [0, 0.1) is 23.7 Å². The van der Waals surface area contributed by atoms with Crippen molar-refractivity contribution in [1.82, 2.24) is 10.3 Å². The highest BCUT2D eigenvalue weighted by Gasteiger charge is 2.59. The summed E-state index contributed by atoms with van der Waals surface area (Å²) in [5.74, 6) is 0.661. The molecule has 2 fully saturated rings. The van der Waals surface area contributed by atoms with E-state index in [1.165, 1.54) is 28.0 Å². The Morgan fingerprint density at radius 3 is 2.69 bits per heavy atom. The zero-order valence-corrected chi connectivity index (χ0v) is 18.5. The summed E-state index contributed by atoms with van der Waals surface area (Å²) in [4.78, 5) is 44.2. The second-order valence-corrected chi connectivity index (χ2v) is 10.5. The van der Waals surface area contributed by atoms with Crippen LogP contribution >= 0.6 is 23.1 Å². The molecule has 9 heteroatoms. The van der Waals surface area contributed by atoms with Crippen molar-refractivity contribution in [2.75, 3.05) is 10.7 Å². The van der Waals surface area contributed by atoms with E-state index in [0.717, 1.165) is 21.0 Å². The minimum absolute atomic E-state index is 0.0801. The van der Waals surface area contributed by atoms with E-state index in [9.17, 15) is 14.4 Å². The molecule has 0 unspecified atom stereocenters. The van der Waals surface area contributed by atoms with Gasteiger partial charge in [0.1, 0.15) is 5.76 Å². The van der Waals surface area contributed by atoms with Gasteiger partial charge < -0.3 is 9.73 Å². The van der Waals surface area contributed by atoms with Gasteiger partial charge in [0.15, 0.2) is 4.34 Å². The number of nitrogens with one attached hydrogen (secondary N) is 1. The lowest BCUT2D eigenvalue weighted by molar-refractivity contribution is -0.123. The lowest BCUT2D eigenvalue weighted by atomic mass is 9.85. The number of thiazole rings is 1. The Balaban J connectivity index is 1.15. The van der Waals surface area contributed by atoms with Crippen LogP contribution in [0.4, 0.5) is 5.69 Å². The van der Waals surface area contributed by atoms with Gasteiger partial charge in [-0.3, -0.25) is 14.4 Å². The highest BCUT2D eigenvalue weighted by atomic mass is 32.2. The van der Waals surface area contributed by atoms with E-state index in [1.807, 2.05) is 18.2 Å². The number of rotatable bonds is 6. The molecule has 3 amide bonds. The standard InChI is InChI=1S/C23H19N3O4S2/c27-18(24-10-15-2-1-7-30-15)11-31-23-25-16-6-5-14(9-17(16)32-23)26-21(28)19-12-3-4-13(8-12)20(19)22(26)29/h1-7,9,12-13,19-20H,8,10-11H2,(H,24,27)/t12-,13-,19-,20+/m0/s1. The third kappa shape index (κ3) is 3.18. The van der Waals surface area contributed by atoms with Crippen LogP contribution < -0.4 is 10.2 Å². The molecule has 162 valence electrons. The number of hydrogen-bond donors (Lipinski definition) is 1. The highest BCUT2D eigenvalue weighted by Crippen LogP contribution is 2.53. The SMILES string of the molecule is O=C(CSc1nc2ccc(N3C(=O)[C@@H]4[C@H](C3=O)[C@H]3C=C[C@H]4C3)cc2s1)NCc1ccco1. The van der Waals surface area contributed by atoms with Gasteiger partial charge in [-0.15, -0.1) is 11.3 Å². The van der Waals surface area contributed by atoms with E-state index in [2.05, 4.69) is 22.5 Å². The fraction of sp³-hybridized carbons (Fsp3) is 0.304. The Morgan fingerprint density at radius 1 is 1.19 bits per heavy atom. The van der Waals surface area contributed by atoms with Crippen LogP contribution in [-0.2, 0) is 20.9 Å². The van der Waals surface area contributed by atoms with Gasteiger partial charge in [0.2, 0.25) is 17.7 Å². The van der Waals surface area contributed by atoms with Gasteiger partial charge in [-0.05, 0) is 48.6 Å². The van der Waals surface area contributed by atoms with Crippen molar-refractivity contribution in [3.8, 4) is 0 Å². The quantitative estimate of drug-likeness (QED) is 0.340. The molecule has 4 atom stereocenters. The van der Waals surface area contributed by atoms with E-state index in [1.54, 1.807) is 18.4 Å². The molecule has 1 aliphatic heterocycles. The summed E-state index contributed by atoms with van der Waals surface area (Å²) in [5, 5.41) is 2.81. The zero-order chi connectivity index (χ0) is 21.8. The molecule has 2 bridgehead atoms. The van der Waals surface area contributed by atoms with Crippen molar-refractivity contribution in [1.29, 1.82) is 0 Å². The highest BCUT2D eigenvalue weighted by molar-refractivity contribution is 8.01. The Bertz CT molecular complexity index is 1240. The number of aromatic nitrogens is 1. The first-order chi connectivity index (χ1) is 15.6. The summed E-state index contributed by atoms with van der Waals surface area (Å²) >= 11 is 2.82. The number of furan rings is 1. The van der Waals surface area contributed by atoms with Gasteiger partial charge in [0.05, 0.1) is 46.3 Å². The molecule has 2 aromatic heterocycles. The van der Waals surface area contributed by atoms with Crippen LogP contribution in [0.3, 0.4) is 0 Å². The number of carbonyl (C=O) groups is 3. The molecule has 2 aliphatic carbocycles. The van der Waals surface area contributed by atoms with E-state index in [-0.39, 0.29) is 47.1 Å². The number of fused-ring (bicyclic) bond motifs is 6. The molecule has 3 heterocycles. The maximum atomic E-state index is 13.1. The number of allylic oxidation sites excluding steroid dienone is 2. The summed E-state index contributed by atoms with van der Waals surface area (Å²) in [6.45, 7) is 0.354. The Labute approximate surface area is 191 Å². The summed E-state index contributed by atoms with van der Waals surface area (Å²) in [7, 11) is 0. The maximum Gasteiger partial charge on any atom is 0.238 e. The van der Waals surface area contributed by atoms with Gasteiger partial charge in [0, 0.05) is 0 Å². The summed E-state index contributed by atoms with van der Waals surface area (Å²) in [6, 6.07) is 9.08. The van der Waals surface area contributed by atoms with Crippen LogP contribution in [0.2, 0.25) is 0 Å². The van der Waals surface area contributed by atoms with Crippen LogP contribution in [0.5, 0.6) is 0 Å². The minimum atomic E-state index is -0.208. The van der Waals surface area contributed by atoms with Gasteiger partial charge in [0.25, 0.3) is 0 Å². The fourth-order valence-corrected chi connectivity index (χ4v) is 6.96. The van der Waals surface area contributed by atoms with Crippen LogP contribution in [0.15, 0.2) is 57.5 Å². The van der Waals surface area contributed by atoms with Crippen molar-refractivity contribution < 1.29 is 18.8 Å². The number of nitrogens with zero attached hydrogens (tertiary/aromatic N) is 2. The maximum absolute atomic E-state index is 13.1. The molecular formula is C23H19N3O4S2. The third-order valence-corrected chi connectivity index (χ3v) is 8.61. The normalized spacial score (nSPS) is 25.8. The molecule has 7 nitrogen and oxygen atoms in total. The largest absolute Gasteiger partial charge is 0.467 e. The number of benzene rings is 1. The predicted octanol–water partition coefficient (Wildman–Crippen LogP) is 3.61.